The molecule has 1 aromatic rings. The molecule has 132 valence electrons. The molecule has 0 radical (unpaired) electrons. The van der Waals surface area contributed by atoms with Crippen molar-refractivity contribution in [1.82, 2.24) is 4.90 Å². The molecule has 1 aliphatic heterocycles. The first kappa shape index (κ1) is 18.5. The highest BCUT2D eigenvalue weighted by Crippen LogP contribution is 2.30. The van der Waals surface area contributed by atoms with Crippen LogP contribution in [-0.2, 0) is 4.74 Å². The first-order valence-electron chi connectivity index (χ1n) is 7.84. The summed E-state index contributed by atoms with van der Waals surface area (Å²) >= 11 is 3.33. The van der Waals surface area contributed by atoms with Crippen LogP contribution in [0.3, 0.4) is 0 Å². The molecule has 1 amide bonds. The molecule has 0 saturated carbocycles. The van der Waals surface area contributed by atoms with Gasteiger partial charge in [0.25, 0.3) is 5.69 Å². The summed E-state index contributed by atoms with van der Waals surface area (Å²) in [5, 5.41) is 14.4. The van der Waals surface area contributed by atoms with E-state index in [-0.39, 0.29) is 17.8 Å². The standard InChI is InChI=1S/C16H22BrN3O4/c1-16(2,3)24-15(21)19-8-6-12(7-9-19)18-13-10-11(17)4-5-14(13)20(22)23/h4-5,10,12,18H,6-9H2,1-3H3. The zero-order valence-electron chi connectivity index (χ0n) is 14.0. The fourth-order valence-electron chi connectivity index (χ4n) is 2.54. The number of nitro groups is 1. The number of nitro benzene ring substituents is 1. The van der Waals surface area contributed by atoms with Crippen molar-refractivity contribution >= 4 is 33.4 Å². The van der Waals surface area contributed by atoms with Crippen molar-refractivity contribution in [2.45, 2.75) is 45.3 Å². The van der Waals surface area contributed by atoms with Gasteiger partial charge in [-0.3, -0.25) is 10.1 Å². The smallest absolute Gasteiger partial charge is 0.410 e. The Labute approximate surface area is 149 Å². The zero-order chi connectivity index (χ0) is 17.9. The minimum Gasteiger partial charge on any atom is -0.444 e. The number of benzene rings is 1. The monoisotopic (exact) mass is 399 g/mol. The zero-order valence-corrected chi connectivity index (χ0v) is 15.6. The van der Waals surface area contributed by atoms with Gasteiger partial charge in [-0.25, -0.2) is 4.79 Å². The summed E-state index contributed by atoms with van der Waals surface area (Å²) in [5.41, 5.74) is 0.0289. The molecule has 0 aliphatic carbocycles. The Hall–Kier alpha value is -1.83. The van der Waals surface area contributed by atoms with Gasteiger partial charge in [-0.1, -0.05) is 15.9 Å². The van der Waals surface area contributed by atoms with Gasteiger partial charge < -0.3 is 15.0 Å². The van der Waals surface area contributed by atoms with Crippen LogP contribution in [0.1, 0.15) is 33.6 Å². The molecule has 0 unspecified atom stereocenters. The van der Waals surface area contributed by atoms with Crippen molar-refractivity contribution in [3.05, 3.63) is 32.8 Å². The Morgan fingerprint density at radius 1 is 1.38 bits per heavy atom. The number of nitrogens with zero attached hydrogens (tertiary/aromatic N) is 2. The number of rotatable bonds is 3. The number of carbonyl (C=O) groups excluding carboxylic acids is 1. The number of piperidine rings is 1. The second kappa shape index (κ2) is 7.38. The number of anilines is 1. The molecular weight excluding hydrogens is 378 g/mol. The average Bonchev–Trinajstić information content (AvgIpc) is 2.46. The lowest BCUT2D eigenvalue weighted by molar-refractivity contribution is -0.384. The largest absolute Gasteiger partial charge is 0.444 e. The van der Waals surface area contributed by atoms with Gasteiger partial charge in [-0.15, -0.1) is 0 Å². The van der Waals surface area contributed by atoms with Crippen molar-refractivity contribution in [1.29, 1.82) is 0 Å². The first-order valence-corrected chi connectivity index (χ1v) is 8.63. The highest BCUT2D eigenvalue weighted by molar-refractivity contribution is 9.10. The number of hydrogen-bond acceptors (Lipinski definition) is 5. The van der Waals surface area contributed by atoms with E-state index >= 15 is 0 Å². The minimum absolute atomic E-state index is 0.0489. The average molecular weight is 400 g/mol. The SMILES string of the molecule is CC(C)(C)OC(=O)N1CCC(Nc2cc(Br)ccc2[N+](=O)[O-])CC1. The van der Waals surface area contributed by atoms with Crippen LogP contribution in [0, 0.1) is 10.1 Å². The normalized spacial score (nSPS) is 15.9. The van der Waals surface area contributed by atoms with Gasteiger partial charge in [0.15, 0.2) is 0 Å². The third-order valence-electron chi connectivity index (χ3n) is 3.66. The number of ether oxygens (including phenoxy) is 1. The van der Waals surface area contributed by atoms with Gasteiger partial charge in [0, 0.05) is 29.7 Å². The molecule has 8 heteroatoms. The van der Waals surface area contributed by atoms with Gasteiger partial charge >= 0.3 is 6.09 Å². The van der Waals surface area contributed by atoms with Crippen molar-refractivity contribution < 1.29 is 14.5 Å². The van der Waals surface area contributed by atoms with Crippen LogP contribution < -0.4 is 5.32 Å². The van der Waals surface area contributed by atoms with E-state index < -0.39 is 10.5 Å². The Morgan fingerprint density at radius 3 is 2.54 bits per heavy atom. The second-order valence-electron chi connectivity index (χ2n) is 6.80. The molecule has 1 fully saturated rings. The van der Waals surface area contributed by atoms with Gasteiger partial charge in [-0.05, 0) is 45.7 Å². The Morgan fingerprint density at radius 2 is 2.00 bits per heavy atom. The molecule has 1 saturated heterocycles. The van der Waals surface area contributed by atoms with Crippen molar-refractivity contribution in [2.75, 3.05) is 18.4 Å². The molecular formula is C16H22BrN3O4. The summed E-state index contributed by atoms with van der Waals surface area (Å²) < 4.78 is 6.15. The van der Waals surface area contributed by atoms with E-state index in [1.165, 1.54) is 6.07 Å². The number of amides is 1. The predicted molar refractivity (Wildman–Crippen MR) is 95.2 cm³/mol. The maximum atomic E-state index is 12.1. The summed E-state index contributed by atoms with van der Waals surface area (Å²) in [5.74, 6) is 0. The molecule has 24 heavy (non-hydrogen) atoms. The molecule has 2 rings (SSSR count). The lowest BCUT2D eigenvalue weighted by atomic mass is 10.0. The maximum Gasteiger partial charge on any atom is 0.410 e. The summed E-state index contributed by atoms with van der Waals surface area (Å²) in [6, 6.07) is 4.91. The molecule has 0 spiro atoms. The first-order chi connectivity index (χ1) is 11.2. The van der Waals surface area contributed by atoms with Crippen LogP contribution in [0.25, 0.3) is 0 Å². The fraction of sp³-hybridized carbons (Fsp3) is 0.562. The number of halogens is 1. The van der Waals surface area contributed by atoms with Crippen LogP contribution >= 0.6 is 15.9 Å². The maximum absolute atomic E-state index is 12.1. The summed E-state index contributed by atoms with van der Waals surface area (Å²) in [6.45, 7) is 6.64. The summed E-state index contributed by atoms with van der Waals surface area (Å²) in [4.78, 5) is 24.5. The van der Waals surface area contributed by atoms with E-state index in [2.05, 4.69) is 21.2 Å². The third kappa shape index (κ3) is 5.09. The minimum atomic E-state index is -0.511. The van der Waals surface area contributed by atoms with Crippen LogP contribution in [0.5, 0.6) is 0 Å². The summed E-state index contributed by atoms with van der Waals surface area (Å²) in [7, 11) is 0. The predicted octanol–water partition coefficient (Wildman–Crippen LogP) is 4.17. The Bertz CT molecular complexity index is 622. The third-order valence-corrected chi connectivity index (χ3v) is 4.15. The van der Waals surface area contributed by atoms with E-state index in [4.69, 9.17) is 4.74 Å². The highest BCUT2D eigenvalue weighted by atomic mass is 79.9. The molecule has 7 nitrogen and oxygen atoms in total. The van der Waals surface area contributed by atoms with E-state index in [1.54, 1.807) is 17.0 Å². The van der Waals surface area contributed by atoms with Crippen molar-refractivity contribution in [3.63, 3.8) is 0 Å². The highest BCUT2D eigenvalue weighted by Gasteiger charge is 2.27. The van der Waals surface area contributed by atoms with Gasteiger partial charge in [0.1, 0.15) is 11.3 Å². The fourth-order valence-corrected chi connectivity index (χ4v) is 2.90. The molecule has 0 aromatic heterocycles. The lowest BCUT2D eigenvalue weighted by Crippen LogP contribution is -2.44. The molecule has 1 heterocycles. The van der Waals surface area contributed by atoms with Gasteiger partial charge in [0.05, 0.1) is 4.92 Å². The molecule has 1 N–H and O–H groups in total. The van der Waals surface area contributed by atoms with E-state index in [9.17, 15) is 14.9 Å². The molecule has 0 atom stereocenters. The number of carbonyl (C=O) groups is 1. The van der Waals surface area contributed by atoms with Crippen LogP contribution in [0.2, 0.25) is 0 Å². The number of likely N-dealkylation sites (tertiary alicyclic amines) is 1. The quantitative estimate of drug-likeness (QED) is 0.608. The van der Waals surface area contributed by atoms with Crippen LogP contribution in [0.4, 0.5) is 16.2 Å². The second-order valence-corrected chi connectivity index (χ2v) is 7.72. The summed E-state index contributed by atoms with van der Waals surface area (Å²) in [6.07, 6.45) is 1.11. The van der Waals surface area contributed by atoms with E-state index in [1.807, 2.05) is 20.8 Å². The van der Waals surface area contributed by atoms with Crippen LogP contribution in [-0.4, -0.2) is 40.6 Å². The lowest BCUT2D eigenvalue weighted by Gasteiger charge is -2.34. The molecule has 1 aliphatic rings. The van der Waals surface area contributed by atoms with Crippen molar-refractivity contribution in [3.8, 4) is 0 Å². The molecule has 0 bridgehead atoms. The molecule has 1 aromatic carbocycles. The van der Waals surface area contributed by atoms with Gasteiger partial charge in [-0.2, -0.15) is 0 Å². The Kier molecular flexibility index (Phi) is 5.69. The van der Waals surface area contributed by atoms with E-state index in [0.29, 0.717) is 31.6 Å². The number of nitrogens with one attached hydrogen (secondary N) is 1. The van der Waals surface area contributed by atoms with Crippen molar-refractivity contribution in [2.24, 2.45) is 0 Å². The van der Waals surface area contributed by atoms with E-state index in [0.717, 1.165) is 4.47 Å². The Balaban J connectivity index is 1.95. The number of hydrogen-bond donors (Lipinski definition) is 1. The topological polar surface area (TPSA) is 84.7 Å². The van der Waals surface area contributed by atoms with Gasteiger partial charge in [0.2, 0.25) is 0 Å². The van der Waals surface area contributed by atoms with Crippen LogP contribution in [0.15, 0.2) is 22.7 Å².